The lowest BCUT2D eigenvalue weighted by atomic mass is 9.97. The van der Waals surface area contributed by atoms with Crippen LogP contribution in [-0.4, -0.2) is 19.1 Å². The van der Waals surface area contributed by atoms with Gasteiger partial charge in [0.05, 0.1) is 18.9 Å². The number of hydrogen-bond donors (Lipinski definition) is 2. The minimum absolute atomic E-state index is 0.0213. The first-order valence-electron chi connectivity index (χ1n) is 10.3. The van der Waals surface area contributed by atoms with Gasteiger partial charge in [-0.1, -0.05) is 60.7 Å². The SMILES string of the molecule is CCOc1ccccc1NC(=O)[C@H](N[C@@H]1CCOc2ccccc21)c1ccccc1. The Labute approximate surface area is 177 Å². The molecule has 0 saturated heterocycles. The Bertz CT molecular complexity index is 990. The first-order chi connectivity index (χ1) is 14.8. The fourth-order valence-electron chi connectivity index (χ4n) is 3.74. The average Bonchev–Trinajstić information content (AvgIpc) is 2.79. The number of para-hydroxylation sites is 3. The quantitative estimate of drug-likeness (QED) is 0.591. The van der Waals surface area contributed by atoms with Crippen molar-refractivity contribution < 1.29 is 14.3 Å². The van der Waals surface area contributed by atoms with Crippen molar-refractivity contribution >= 4 is 11.6 Å². The van der Waals surface area contributed by atoms with Gasteiger partial charge in [-0.05, 0) is 30.7 Å². The molecule has 3 aromatic rings. The van der Waals surface area contributed by atoms with Gasteiger partial charge in [-0.3, -0.25) is 10.1 Å². The summed E-state index contributed by atoms with van der Waals surface area (Å²) >= 11 is 0. The van der Waals surface area contributed by atoms with Crippen LogP contribution in [-0.2, 0) is 4.79 Å². The highest BCUT2D eigenvalue weighted by Crippen LogP contribution is 2.34. The molecule has 154 valence electrons. The molecule has 1 heterocycles. The topological polar surface area (TPSA) is 59.6 Å². The molecule has 2 N–H and O–H groups in total. The summed E-state index contributed by atoms with van der Waals surface area (Å²) in [5, 5.41) is 6.62. The highest BCUT2D eigenvalue weighted by atomic mass is 16.5. The molecule has 1 aliphatic rings. The Kier molecular flexibility index (Phi) is 6.30. The molecule has 0 spiro atoms. The third-order valence-electron chi connectivity index (χ3n) is 5.17. The van der Waals surface area contributed by atoms with Crippen LogP contribution in [0.25, 0.3) is 0 Å². The molecule has 4 rings (SSSR count). The summed E-state index contributed by atoms with van der Waals surface area (Å²) in [5.41, 5.74) is 2.65. The van der Waals surface area contributed by atoms with Gasteiger partial charge in [0.25, 0.3) is 0 Å². The van der Waals surface area contributed by atoms with Crippen molar-refractivity contribution in [1.82, 2.24) is 5.32 Å². The molecule has 0 bridgehead atoms. The Hall–Kier alpha value is -3.31. The Balaban J connectivity index is 1.61. The Morgan fingerprint density at radius 2 is 1.77 bits per heavy atom. The van der Waals surface area contributed by atoms with E-state index in [2.05, 4.69) is 16.7 Å². The monoisotopic (exact) mass is 402 g/mol. The molecule has 1 aliphatic heterocycles. The smallest absolute Gasteiger partial charge is 0.246 e. The van der Waals surface area contributed by atoms with Gasteiger partial charge in [0.15, 0.2) is 0 Å². The van der Waals surface area contributed by atoms with Crippen molar-refractivity contribution in [3.05, 3.63) is 90.0 Å². The zero-order valence-corrected chi connectivity index (χ0v) is 17.0. The highest BCUT2D eigenvalue weighted by molar-refractivity contribution is 5.96. The average molecular weight is 402 g/mol. The van der Waals surface area contributed by atoms with Crippen molar-refractivity contribution in [2.45, 2.75) is 25.4 Å². The van der Waals surface area contributed by atoms with Gasteiger partial charge in [-0.25, -0.2) is 0 Å². The van der Waals surface area contributed by atoms with Gasteiger partial charge in [0.2, 0.25) is 5.91 Å². The van der Waals surface area contributed by atoms with Gasteiger partial charge in [0.1, 0.15) is 17.5 Å². The predicted molar refractivity (Wildman–Crippen MR) is 118 cm³/mol. The number of benzene rings is 3. The third-order valence-corrected chi connectivity index (χ3v) is 5.17. The molecule has 3 aromatic carbocycles. The van der Waals surface area contributed by atoms with E-state index in [0.29, 0.717) is 24.7 Å². The van der Waals surface area contributed by atoms with Crippen LogP contribution in [0, 0.1) is 0 Å². The third kappa shape index (κ3) is 4.47. The molecular weight excluding hydrogens is 376 g/mol. The number of ether oxygens (including phenoxy) is 2. The number of carbonyl (C=O) groups excluding carboxylic acids is 1. The molecular formula is C25H26N2O3. The van der Waals surface area contributed by atoms with Crippen molar-refractivity contribution in [1.29, 1.82) is 0 Å². The number of amides is 1. The number of nitrogens with one attached hydrogen (secondary N) is 2. The maximum Gasteiger partial charge on any atom is 0.246 e. The van der Waals surface area contributed by atoms with Crippen LogP contribution in [0.3, 0.4) is 0 Å². The molecule has 0 radical (unpaired) electrons. The number of fused-ring (bicyclic) bond motifs is 1. The molecule has 2 atom stereocenters. The van der Waals surface area contributed by atoms with E-state index in [-0.39, 0.29) is 11.9 Å². The summed E-state index contributed by atoms with van der Waals surface area (Å²) in [5.74, 6) is 1.41. The second kappa shape index (κ2) is 9.46. The maximum atomic E-state index is 13.4. The standard InChI is InChI=1S/C25H26N2O3/c1-2-29-23-15-9-7-13-21(23)27-25(28)24(18-10-4-3-5-11-18)26-20-16-17-30-22-14-8-6-12-19(20)22/h3-15,20,24,26H,2,16-17H2,1H3,(H,27,28)/t20-,24-/m1/s1. The number of anilines is 1. The fraction of sp³-hybridized carbons (Fsp3) is 0.240. The summed E-state index contributed by atoms with van der Waals surface area (Å²) in [4.78, 5) is 13.4. The Morgan fingerprint density at radius 1 is 1.03 bits per heavy atom. The minimum atomic E-state index is -0.517. The van der Waals surface area contributed by atoms with E-state index in [1.165, 1.54) is 0 Å². The first kappa shape index (κ1) is 20.0. The zero-order chi connectivity index (χ0) is 20.8. The van der Waals surface area contributed by atoms with E-state index in [1.54, 1.807) is 0 Å². The van der Waals surface area contributed by atoms with Crippen LogP contribution in [0.5, 0.6) is 11.5 Å². The van der Waals surface area contributed by atoms with Crippen LogP contribution in [0.4, 0.5) is 5.69 Å². The van der Waals surface area contributed by atoms with Crippen molar-refractivity contribution in [2.24, 2.45) is 0 Å². The maximum absolute atomic E-state index is 13.4. The van der Waals surface area contributed by atoms with E-state index in [4.69, 9.17) is 9.47 Å². The van der Waals surface area contributed by atoms with Gasteiger partial charge in [-0.2, -0.15) is 0 Å². The molecule has 30 heavy (non-hydrogen) atoms. The number of hydrogen-bond acceptors (Lipinski definition) is 4. The van der Waals surface area contributed by atoms with Gasteiger partial charge < -0.3 is 14.8 Å². The van der Waals surface area contributed by atoms with Gasteiger partial charge in [0, 0.05) is 18.0 Å². The van der Waals surface area contributed by atoms with Crippen LogP contribution in [0.1, 0.15) is 36.6 Å². The summed E-state index contributed by atoms with van der Waals surface area (Å²) in [7, 11) is 0. The normalized spacial score (nSPS) is 16.1. The van der Waals surface area contributed by atoms with Crippen LogP contribution >= 0.6 is 0 Å². The second-order valence-electron chi connectivity index (χ2n) is 7.16. The zero-order valence-electron chi connectivity index (χ0n) is 17.0. The van der Waals surface area contributed by atoms with Gasteiger partial charge >= 0.3 is 0 Å². The van der Waals surface area contributed by atoms with Crippen LogP contribution in [0.15, 0.2) is 78.9 Å². The van der Waals surface area contributed by atoms with E-state index in [0.717, 1.165) is 23.3 Å². The highest BCUT2D eigenvalue weighted by Gasteiger charge is 2.28. The van der Waals surface area contributed by atoms with Crippen molar-refractivity contribution in [3.63, 3.8) is 0 Å². The van der Waals surface area contributed by atoms with E-state index >= 15 is 0 Å². The molecule has 0 fully saturated rings. The van der Waals surface area contributed by atoms with Crippen LogP contribution < -0.4 is 20.1 Å². The molecule has 5 nitrogen and oxygen atoms in total. The first-order valence-corrected chi connectivity index (χ1v) is 10.3. The summed E-state index contributed by atoms with van der Waals surface area (Å²) in [6, 6.07) is 24.8. The molecule has 1 amide bonds. The minimum Gasteiger partial charge on any atom is -0.493 e. The van der Waals surface area contributed by atoms with E-state index in [9.17, 15) is 4.79 Å². The largest absolute Gasteiger partial charge is 0.493 e. The predicted octanol–water partition coefficient (Wildman–Crippen LogP) is 4.88. The summed E-state index contributed by atoms with van der Waals surface area (Å²) in [6.45, 7) is 3.08. The fourth-order valence-corrected chi connectivity index (χ4v) is 3.74. The van der Waals surface area contributed by atoms with Crippen molar-refractivity contribution in [2.75, 3.05) is 18.5 Å². The second-order valence-corrected chi connectivity index (χ2v) is 7.16. The lowest BCUT2D eigenvalue weighted by Gasteiger charge is -2.30. The molecule has 0 unspecified atom stereocenters. The molecule has 0 aromatic heterocycles. The Morgan fingerprint density at radius 3 is 2.60 bits per heavy atom. The molecule has 0 aliphatic carbocycles. The van der Waals surface area contributed by atoms with Crippen molar-refractivity contribution in [3.8, 4) is 11.5 Å². The number of rotatable bonds is 7. The number of carbonyl (C=O) groups is 1. The van der Waals surface area contributed by atoms with E-state index < -0.39 is 6.04 Å². The summed E-state index contributed by atoms with van der Waals surface area (Å²) < 4.78 is 11.5. The van der Waals surface area contributed by atoms with Gasteiger partial charge in [-0.15, -0.1) is 0 Å². The molecule has 0 saturated carbocycles. The van der Waals surface area contributed by atoms with Crippen LogP contribution in [0.2, 0.25) is 0 Å². The lowest BCUT2D eigenvalue weighted by Crippen LogP contribution is -2.37. The molecule has 5 heteroatoms. The lowest BCUT2D eigenvalue weighted by molar-refractivity contribution is -0.118. The summed E-state index contributed by atoms with van der Waals surface area (Å²) in [6.07, 6.45) is 0.795. The van der Waals surface area contributed by atoms with E-state index in [1.807, 2.05) is 79.7 Å².